The van der Waals surface area contributed by atoms with Crippen LogP contribution in [0, 0.1) is 5.82 Å². The molecule has 1 aliphatic heterocycles. The van der Waals surface area contributed by atoms with Gasteiger partial charge in [-0.3, -0.25) is 9.69 Å². The maximum Gasteiger partial charge on any atom is 0.323 e. The van der Waals surface area contributed by atoms with Crippen LogP contribution in [0.2, 0.25) is 0 Å². The van der Waals surface area contributed by atoms with Crippen LogP contribution in [-0.2, 0) is 29.1 Å². The van der Waals surface area contributed by atoms with E-state index in [-0.39, 0.29) is 17.8 Å². The Bertz CT molecular complexity index is 778. The molecule has 1 heterocycles. The average molecular weight is 357 g/mol. The normalized spacial score (nSPS) is 15.2. The number of carbonyl (C=O) groups excluding carboxylic acids is 1. The molecule has 0 fully saturated rings. The number of esters is 1. The Morgan fingerprint density at radius 2 is 2.08 bits per heavy atom. The summed E-state index contributed by atoms with van der Waals surface area (Å²) in [5.41, 5.74) is 3.23. The fourth-order valence-electron chi connectivity index (χ4n) is 3.18. The van der Waals surface area contributed by atoms with Gasteiger partial charge in [0.1, 0.15) is 24.2 Å². The molecular formula is C21H24FNO3. The minimum absolute atomic E-state index is 0.175. The molecule has 0 amide bonds. The van der Waals surface area contributed by atoms with E-state index in [9.17, 15) is 9.18 Å². The van der Waals surface area contributed by atoms with Gasteiger partial charge in [-0.25, -0.2) is 4.39 Å². The third kappa shape index (κ3) is 4.41. The summed E-state index contributed by atoms with van der Waals surface area (Å²) in [5, 5.41) is 0. The fraction of sp³-hybridized carbons (Fsp3) is 0.381. The second-order valence-electron chi connectivity index (χ2n) is 6.50. The molecule has 1 unspecified atom stereocenters. The molecule has 0 spiro atoms. The Hall–Kier alpha value is -2.40. The smallest absolute Gasteiger partial charge is 0.323 e. The van der Waals surface area contributed by atoms with Gasteiger partial charge in [-0.1, -0.05) is 18.2 Å². The molecule has 0 saturated carbocycles. The lowest BCUT2D eigenvalue weighted by Crippen LogP contribution is -2.42. The molecule has 0 radical (unpaired) electrons. The Labute approximate surface area is 153 Å². The summed E-state index contributed by atoms with van der Waals surface area (Å²) in [4.78, 5) is 14.1. The van der Waals surface area contributed by atoms with Crippen LogP contribution in [0.3, 0.4) is 0 Å². The highest BCUT2D eigenvalue weighted by Crippen LogP contribution is 2.25. The van der Waals surface area contributed by atoms with Crippen LogP contribution in [0.5, 0.6) is 5.75 Å². The van der Waals surface area contributed by atoms with Crippen LogP contribution >= 0.6 is 0 Å². The summed E-state index contributed by atoms with van der Waals surface area (Å²) in [7, 11) is 0. The molecule has 2 aromatic carbocycles. The number of rotatable bonds is 6. The van der Waals surface area contributed by atoms with E-state index >= 15 is 0 Å². The molecular weight excluding hydrogens is 333 g/mol. The van der Waals surface area contributed by atoms with Gasteiger partial charge in [0, 0.05) is 13.1 Å². The van der Waals surface area contributed by atoms with Crippen molar-refractivity contribution in [1.29, 1.82) is 0 Å². The van der Waals surface area contributed by atoms with Gasteiger partial charge in [-0.2, -0.15) is 0 Å². The molecule has 3 rings (SSSR count). The zero-order valence-electron chi connectivity index (χ0n) is 15.2. The van der Waals surface area contributed by atoms with E-state index in [1.807, 2.05) is 38.1 Å². The van der Waals surface area contributed by atoms with Crippen molar-refractivity contribution < 1.29 is 18.7 Å². The number of hydrogen-bond acceptors (Lipinski definition) is 4. The third-order valence-corrected chi connectivity index (χ3v) is 4.69. The zero-order valence-corrected chi connectivity index (χ0v) is 15.2. The lowest BCUT2D eigenvalue weighted by Gasteiger charge is -2.32. The van der Waals surface area contributed by atoms with E-state index in [2.05, 4.69) is 4.90 Å². The first-order valence-electron chi connectivity index (χ1n) is 8.96. The molecule has 5 heteroatoms. The van der Waals surface area contributed by atoms with Crippen LogP contribution in [0.4, 0.5) is 4.39 Å². The van der Waals surface area contributed by atoms with Gasteiger partial charge in [0.05, 0.1) is 6.61 Å². The largest absolute Gasteiger partial charge is 0.489 e. The highest BCUT2D eigenvalue weighted by molar-refractivity contribution is 5.75. The maximum absolute atomic E-state index is 13.2. The monoisotopic (exact) mass is 357 g/mol. The topological polar surface area (TPSA) is 38.8 Å². The predicted molar refractivity (Wildman–Crippen MR) is 97.4 cm³/mol. The molecule has 4 nitrogen and oxygen atoms in total. The van der Waals surface area contributed by atoms with Crippen LogP contribution in [0.1, 0.15) is 30.5 Å². The first-order valence-corrected chi connectivity index (χ1v) is 8.96. The van der Waals surface area contributed by atoms with Crippen molar-refractivity contribution >= 4 is 5.97 Å². The van der Waals surface area contributed by atoms with Crippen molar-refractivity contribution in [1.82, 2.24) is 4.90 Å². The summed E-state index contributed by atoms with van der Waals surface area (Å²) in [6, 6.07) is 12.2. The number of carbonyl (C=O) groups is 1. The highest BCUT2D eigenvalue weighted by Gasteiger charge is 2.26. The highest BCUT2D eigenvalue weighted by atomic mass is 19.1. The standard InChI is InChI=1S/C21H24FNO3/c1-3-25-21(24)15(2)23-10-9-17-12-20(8-7-18(17)13-23)26-14-16-5-4-6-19(22)11-16/h4-8,11-12,15H,3,9-10,13-14H2,1-2H3. The van der Waals surface area contributed by atoms with Gasteiger partial charge in [0.2, 0.25) is 0 Å². The lowest BCUT2D eigenvalue weighted by atomic mass is 9.98. The summed E-state index contributed by atoms with van der Waals surface area (Å²) in [5.74, 6) is 0.346. The fourth-order valence-corrected chi connectivity index (χ4v) is 3.18. The molecule has 1 atom stereocenters. The molecule has 0 saturated heterocycles. The van der Waals surface area contributed by atoms with Crippen molar-refractivity contribution in [3.63, 3.8) is 0 Å². The number of ether oxygens (including phenoxy) is 2. The predicted octanol–water partition coefficient (Wildman–Crippen LogP) is 3.71. The molecule has 0 N–H and O–H groups in total. The SMILES string of the molecule is CCOC(=O)C(C)N1CCc2cc(OCc3cccc(F)c3)ccc2C1. The maximum atomic E-state index is 13.2. The van der Waals surface area contributed by atoms with Crippen LogP contribution in [0.15, 0.2) is 42.5 Å². The molecule has 138 valence electrons. The van der Waals surface area contributed by atoms with Crippen molar-refractivity contribution in [2.75, 3.05) is 13.2 Å². The average Bonchev–Trinajstić information content (AvgIpc) is 2.65. The van der Waals surface area contributed by atoms with E-state index in [1.165, 1.54) is 23.3 Å². The van der Waals surface area contributed by atoms with Gasteiger partial charge < -0.3 is 9.47 Å². The second-order valence-corrected chi connectivity index (χ2v) is 6.50. The Balaban J connectivity index is 1.62. The molecule has 0 aromatic heterocycles. The number of nitrogens with zero attached hydrogens (tertiary/aromatic N) is 1. The quantitative estimate of drug-likeness (QED) is 0.739. The van der Waals surface area contributed by atoms with Crippen LogP contribution in [-0.4, -0.2) is 30.1 Å². The van der Waals surface area contributed by atoms with Gasteiger partial charge in [0.25, 0.3) is 0 Å². The molecule has 0 bridgehead atoms. The van der Waals surface area contributed by atoms with Crippen molar-refractivity contribution in [3.05, 3.63) is 65.0 Å². The van der Waals surface area contributed by atoms with Gasteiger partial charge in [0.15, 0.2) is 0 Å². The number of benzene rings is 2. The van der Waals surface area contributed by atoms with Crippen LogP contribution in [0.25, 0.3) is 0 Å². The summed E-state index contributed by atoms with van der Waals surface area (Å²) in [6.07, 6.45) is 0.857. The Morgan fingerprint density at radius 1 is 1.23 bits per heavy atom. The zero-order chi connectivity index (χ0) is 18.5. The number of hydrogen-bond donors (Lipinski definition) is 0. The van der Waals surface area contributed by atoms with Gasteiger partial charge in [-0.15, -0.1) is 0 Å². The van der Waals surface area contributed by atoms with E-state index < -0.39 is 0 Å². The van der Waals surface area contributed by atoms with Crippen LogP contribution < -0.4 is 4.74 Å². The van der Waals surface area contributed by atoms with Gasteiger partial charge >= 0.3 is 5.97 Å². The summed E-state index contributed by atoms with van der Waals surface area (Å²) < 4.78 is 24.2. The Kier molecular flexibility index (Phi) is 5.89. The van der Waals surface area contributed by atoms with Crippen molar-refractivity contribution in [2.24, 2.45) is 0 Å². The number of fused-ring (bicyclic) bond motifs is 1. The van der Waals surface area contributed by atoms with E-state index in [4.69, 9.17) is 9.47 Å². The summed E-state index contributed by atoms with van der Waals surface area (Å²) >= 11 is 0. The molecule has 26 heavy (non-hydrogen) atoms. The van der Waals surface area contributed by atoms with Crippen molar-refractivity contribution in [3.8, 4) is 5.75 Å². The van der Waals surface area contributed by atoms with Gasteiger partial charge in [-0.05, 0) is 61.2 Å². The lowest BCUT2D eigenvalue weighted by molar-refractivity contribution is -0.149. The molecule has 2 aromatic rings. The van der Waals surface area contributed by atoms with Crippen molar-refractivity contribution in [2.45, 2.75) is 39.5 Å². The minimum atomic E-state index is -0.257. The first kappa shape index (κ1) is 18.4. The first-order chi connectivity index (χ1) is 12.6. The third-order valence-electron chi connectivity index (χ3n) is 4.69. The second kappa shape index (κ2) is 8.32. The summed E-state index contributed by atoms with van der Waals surface area (Å²) in [6.45, 7) is 5.98. The number of halogens is 1. The Morgan fingerprint density at radius 3 is 2.85 bits per heavy atom. The minimum Gasteiger partial charge on any atom is -0.489 e. The molecule has 1 aliphatic rings. The molecule has 0 aliphatic carbocycles. The van der Waals surface area contributed by atoms with E-state index in [0.29, 0.717) is 13.2 Å². The van der Waals surface area contributed by atoms with E-state index in [1.54, 1.807) is 6.07 Å². The van der Waals surface area contributed by atoms with E-state index in [0.717, 1.165) is 30.8 Å².